The second-order valence-electron chi connectivity index (χ2n) is 15.8. The van der Waals surface area contributed by atoms with E-state index in [0.717, 1.165) is 43.6 Å². The third-order valence-corrected chi connectivity index (χ3v) is 13.2. The lowest BCUT2D eigenvalue weighted by Crippen LogP contribution is -2.49. The fraction of sp³-hybridized carbons (Fsp3) is 0.410. The smallest absolute Gasteiger partial charge is 0.508 e. The number of rotatable bonds is 4. The Morgan fingerprint density at radius 1 is 1.00 bits per heavy atom. The number of hydrogen-bond donors (Lipinski definition) is 1. The zero-order valence-electron chi connectivity index (χ0n) is 30.1. The lowest BCUT2D eigenvalue weighted by molar-refractivity contribution is -0.274. The summed E-state index contributed by atoms with van der Waals surface area (Å²) in [6, 6.07) is 10.3. The molecule has 2 saturated heterocycles. The molecule has 0 radical (unpaired) electrons. The molecule has 8 rings (SSSR count). The van der Waals surface area contributed by atoms with Crippen molar-refractivity contribution in [3.05, 3.63) is 70.3 Å². The molecule has 282 valence electrons. The maximum Gasteiger partial charge on any atom is 0.573 e. The average molecular weight is 781 g/mol. The molecule has 2 aromatic carbocycles. The van der Waals surface area contributed by atoms with Crippen molar-refractivity contribution in [3.8, 4) is 22.1 Å². The summed E-state index contributed by atoms with van der Waals surface area (Å²) >= 11 is 7.76. The van der Waals surface area contributed by atoms with Gasteiger partial charge in [-0.3, -0.25) is 28.8 Å². The van der Waals surface area contributed by atoms with Gasteiger partial charge in [-0.1, -0.05) is 23.3 Å². The largest absolute Gasteiger partial charge is 0.573 e. The van der Waals surface area contributed by atoms with Gasteiger partial charge in [-0.15, -0.1) is 24.5 Å². The highest BCUT2D eigenvalue weighted by atomic mass is 35.5. The molecule has 4 aromatic rings. The minimum atomic E-state index is -5.05. The standard InChI is InChI=1S/C39H36ClF3N4O6S/c1-17-22-13-18(40)7-12-28(22)54-32(17)26-16-29(45(6)44-26)46-34(50)25-15-23-20(9-10-21-30(23)35(51)47(33(21)49)37(2,3)4)31(38(25,5)36(46)52)24-14-19(8-11-27(24)48)53-39(41,42)43/h7-9,11-14,16,21,23,25,30-31,48H,10,15H2,1-6H3. The van der Waals surface area contributed by atoms with Gasteiger partial charge in [0, 0.05) is 39.9 Å². The number of amides is 4. The van der Waals surface area contributed by atoms with E-state index in [1.54, 1.807) is 53.0 Å². The average Bonchev–Trinajstić information content (AvgIpc) is 3.75. The number of alkyl halides is 3. The second-order valence-corrected chi connectivity index (χ2v) is 17.3. The fourth-order valence-electron chi connectivity index (χ4n) is 9.42. The Balaban J connectivity index is 1.27. The molecule has 0 spiro atoms. The SMILES string of the molecule is Cc1c(-c2cc(N3C(=O)C4CC5C(=CCC6C(=O)N(C(C)(C)C)C(=O)C65)C(c5cc(OC(F)(F)F)ccc5O)C4(C)C3=O)n(C)n2)sc2ccc(Cl)cc12. The number of imide groups is 2. The number of phenols is 1. The van der Waals surface area contributed by atoms with Gasteiger partial charge in [-0.25, -0.2) is 4.90 Å². The predicted octanol–water partition coefficient (Wildman–Crippen LogP) is 7.90. The van der Waals surface area contributed by atoms with Gasteiger partial charge in [0.25, 0.3) is 0 Å². The van der Waals surface area contributed by atoms with Crippen molar-refractivity contribution < 1.29 is 42.2 Å². The van der Waals surface area contributed by atoms with E-state index in [4.69, 9.17) is 16.7 Å². The summed E-state index contributed by atoms with van der Waals surface area (Å²) in [7, 11) is 1.61. The number of aromatic hydroxyl groups is 1. The van der Waals surface area contributed by atoms with Gasteiger partial charge in [0.1, 0.15) is 23.0 Å². The monoisotopic (exact) mass is 780 g/mol. The van der Waals surface area contributed by atoms with Crippen LogP contribution in [0.1, 0.15) is 57.6 Å². The summed E-state index contributed by atoms with van der Waals surface area (Å²) in [6.07, 6.45) is -3.11. The number of aromatic nitrogens is 2. The van der Waals surface area contributed by atoms with Gasteiger partial charge in [0.15, 0.2) is 0 Å². The van der Waals surface area contributed by atoms with Crippen LogP contribution in [-0.2, 0) is 26.2 Å². The van der Waals surface area contributed by atoms with E-state index in [1.807, 2.05) is 19.1 Å². The predicted molar refractivity (Wildman–Crippen MR) is 195 cm³/mol. The molecule has 4 amide bonds. The number of halogens is 4. The lowest BCUT2D eigenvalue weighted by Gasteiger charge is -2.49. The Labute approximate surface area is 317 Å². The van der Waals surface area contributed by atoms with E-state index in [0.29, 0.717) is 16.3 Å². The fourth-order valence-corrected chi connectivity index (χ4v) is 10.7. The van der Waals surface area contributed by atoms with Gasteiger partial charge in [-0.05, 0) is 101 Å². The van der Waals surface area contributed by atoms with Crippen molar-refractivity contribution in [2.75, 3.05) is 4.90 Å². The van der Waals surface area contributed by atoms with Crippen LogP contribution < -0.4 is 9.64 Å². The number of phenolic OH excluding ortho intramolecular Hbond substituents is 1. The van der Waals surface area contributed by atoms with Crippen molar-refractivity contribution in [2.24, 2.45) is 36.1 Å². The third kappa shape index (κ3) is 5.23. The molecule has 15 heteroatoms. The minimum Gasteiger partial charge on any atom is -0.508 e. The summed E-state index contributed by atoms with van der Waals surface area (Å²) in [5.41, 5.74) is -0.571. The Morgan fingerprint density at radius 2 is 1.72 bits per heavy atom. The third-order valence-electron chi connectivity index (χ3n) is 11.7. The van der Waals surface area contributed by atoms with E-state index in [1.165, 1.54) is 20.9 Å². The molecule has 10 nitrogen and oxygen atoms in total. The first-order valence-electron chi connectivity index (χ1n) is 17.5. The number of nitrogens with zero attached hydrogens (tertiary/aromatic N) is 4. The number of aryl methyl sites for hydroxylation is 2. The van der Waals surface area contributed by atoms with E-state index in [9.17, 15) is 32.7 Å². The summed E-state index contributed by atoms with van der Waals surface area (Å²) < 4.78 is 47.0. The molecule has 2 aromatic heterocycles. The Hall–Kier alpha value is -4.69. The highest BCUT2D eigenvalue weighted by Crippen LogP contribution is 2.65. The quantitative estimate of drug-likeness (QED) is 0.165. The minimum absolute atomic E-state index is 0.0263. The number of carbonyl (C=O) groups excluding carboxylic acids is 4. The van der Waals surface area contributed by atoms with Crippen LogP contribution in [0.2, 0.25) is 5.02 Å². The van der Waals surface area contributed by atoms with Gasteiger partial charge in [0.05, 0.1) is 28.0 Å². The van der Waals surface area contributed by atoms with Crippen molar-refractivity contribution in [1.82, 2.24) is 14.7 Å². The molecule has 3 fully saturated rings. The van der Waals surface area contributed by atoms with Crippen LogP contribution in [0.15, 0.2) is 54.1 Å². The molecule has 1 N–H and O–H groups in total. The number of anilines is 1. The van der Waals surface area contributed by atoms with E-state index >= 15 is 4.79 Å². The number of benzene rings is 2. The molecule has 1 saturated carbocycles. The Morgan fingerprint density at radius 3 is 2.41 bits per heavy atom. The number of likely N-dealkylation sites (tertiary alicyclic amines) is 1. The second kappa shape index (κ2) is 11.9. The van der Waals surface area contributed by atoms with Crippen molar-refractivity contribution in [3.63, 3.8) is 0 Å². The van der Waals surface area contributed by atoms with Gasteiger partial charge >= 0.3 is 6.36 Å². The van der Waals surface area contributed by atoms with E-state index in [2.05, 4.69) is 4.74 Å². The zero-order chi connectivity index (χ0) is 39.0. The summed E-state index contributed by atoms with van der Waals surface area (Å²) in [5.74, 6) is -7.35. The number of carbonyl (C=O) groups is 4. The maximum atomic E-state index is 15.0. The molecular weight excluding hydrogens is 745 g/mol. The molecule has 2 aliphatic carbocycles. The number of fused-ring (bicyclic) bond motifs is 5. The Kier molecular flexibility index (Phi) is 8.00. The van der Waals surface area contributed by atoms with Gasteiger partial charge in [-0.2, -0.15) is 5.10 Å². The first-order valence-corrected chi connectivity index (χ1v) is 18.7. The van der Waals surface area contributed by atoms with Crippen LogP contribution in [0.4, 0.5) is 19.0 Å². The van der Waals surface area contributed by atoms with Crippen LogP contribution in [0.25, 0.3) is 20.7 Å². The van der Waals surface area contributed by atoms with Crippen molar-refractivity contribution in [1.29, 1.82) is 0 Å². The molecule has 2 aliphatic heterocycles. The van der Waals surface area contributed by atoms with Crippen LogP contribution >= 0.6 is 22.9 Å². The first-order chi connectivity index (χ1) is 25.2. The molecule has 0 bridgehead atoms. The molecule has 54 heavy (non-hydrogen) atoms. The Bertz CT molecular complexity index is 2360. The van der Waals surface area contributed by atoms with Gasteiger partial charge < -0.3 is 9.84 Å². The zero-order valence-corrected chi connectivity index (χ0v) is 31.7. The number of ether oxygens (including phenoxy) is 1. The van der Waals surface area contributed by atoms with E-state index in [-0.39, 0.29) is 30.1 Å². The number of allylic oxidation sites excluding steroid dienone is 2. The van der Waals surface area contributed by atoms with Crippen LogP contribution in [0.5, 0.6) is 11.5 Å². The topological polar surface area (TPSA) is 122 Å². The van der Waals surface area contributed by atoms with Gasteiger partial charge in [0.2, 0.25) is 23.6 Å². The van der Waals surface area contributed by atoms with Crippen molar-refractivity contribution in [2.45, 2.75) is 65.3 Å². The molecule has 6 unspecified atom stereocenters. The highest BCUT2D eigenvalue weighted by Gasteiger charge is 2.68. The number of thiophene rings is 1. The van der Waals surface area contributed by atoms with E-state index < -0.39 is 76.1 Å². The summed E-state index contributed by atoms with van der Waals surface area (Å²) in [5, 5.41) is 17.6. The highest BCUT2D eigenvalue weighted by molar-refractivity contribution is 7.22. The maximum absolute atomic E-state index is 15.0. The molecule has 4 aliphatic rings. The van der Waals surface area contributed by atoms with Crippen LogP contribution in [-0.4, -0.2) is 55.3 Å². The first kappa shape index (κ1) is 36.3. The van der Waals surface area contributed by atoms with Crippen LogP contribution in [0, 0.1) is 36.0 Å². The van der Waals surface area contributed by atoms with Crippen LogP contribution in [0.3, 0.4) is 0 Å². The molecule has 4 heterocycles. The summed E-state index contributed by atoms with van der Waals surface area (Å²) in [4.78, 5) is 60.8. The number of hydrogen-bond acceptors (Lipinski definition) is 8. The summed E-state index contributed by atoms with van der Waals surface area (Å²) in [6.45, 7) is 8.80. The normalized spacial score (nSPS) is 27.1. The molecule has 6 atom stereocenters. The van der Waals surface area contributed by atoms with Crippen molar-refractivity contribution >= 4 is 62.5 Å². The molecular formula is C39H36ClF3N4O6S. The lowest BCUT2D eigenvalue weighted by atomic mass is 9.51.